The van der Waals surface area contributed by atoms with Gasteiger partial charge in [-0.25, -0.2) is 4.79 Å². The Morgan fingerprint density at radius 2 is 2.18 bits per heavy atom. The highest BCUT2D eigenvalue weighted by molar-refractivity contribution is 5.76. The summed E-state index contributed by atoms with van der Waals surface area (Å²) >= 11 is 0. The molecule has 0 bridgehead atoms. The Kier molecular flexibility index (Phi) is 5.40. The van der Waals surface area contributed by atoms with Gasteiger partial charge in [0.15, 0.2) is 5.60 Å². The Hall–Kier alpha value is -0.610. The number of carboxylic acid groups (broad SMARTS) is 1. The standard InChI is InChI=1S/C13H24O4/c1-3-7-13(2,12(15)16)17-9-10-5-4-6-11(14)8-10/h10-11,14H,3-9H2,1-2H3,(H,15,16)/t10-,11+,13?/m1/s1. The predicted octanol–water partition coefficient (Wildman–Crippen LogP) is 2.20. The normalized spacial score (nSPS) is 28.6. The molecule has 1 fully saturated rings. The average molecular weight is 244 g/mol. The molecule has 0 aromatic rings. The van der Waals surface area contributed by atoms with Gasteiger partial charge in [0.05, 0.1) is 12.7 Å². The fourth-order valence-electron chi connectivity index (χ4n) is 2.43. The largest absolute Gasteiger partial charge is 0.479 e. The number of aliphatic hydroxyl groups excluding tert-OH is 1. The van der Waals surface area contributed by atoms with Gasteiger partial charge in [0, 0.05) is 0 Å². The molecule has 0 radical (unpaired) electrons. The van der Waals surface area contributed by atoms with E-state index in [0.29, 0.717) is 18.9 Å². The molecule has 17 heavy (non-hydrogen) atoms. The molecule has 1 saturated carbocycles. The van der Waals surface area contributed by atoms with Gasteiger partial charge in [0.2, 0.25) is 0 Å². The van der Waals surface area contributed by atoms with E-state index >= 15 is 0 Å². The summed E-state index contributed by atoms with van der Waals surface area (Å²) in [5.74, 6) is -0.593. The van der Waals surface area contributed by atoms with Crippen molar-refractivity contribution in [3.05, 3.63) is 0 Å². The van der Waals surface area contributed by atoms with E-state index < -0.39 is 11.6 Å². The monoisotopic (exact) mass is 244 g/mol. The van der Waals surface area contributed by atoms with Crippen LogP contribution in [0.3, 0.4) is 0 Å². The van der Waals surface area contributed by atoms with Gasteiger partial charge < -0.3 is 14.9 Å². The Bertz CT molecular complexity index is 254. The van der Waals surface area contributed by atoms with Crippen LogP contribution in [-0.2, 0) is 9.53 Å². The number of aliphatic hydroxyl groups is 1. The summed E-state index contributed by atoms with van der Waals surface area (Å²) in [6.07, 6.45) is 4.71. The molecular weight excluding hydrogens is 220 g/mol. The summed E-state index contributed by atoms with van der Waals surface area (Å²) in [7, 11) is 0. The molecule has 3 atom stereocenters. The first-order valence-electron chi connectivity index (χ1n) is 6.53. The molecule has 1 unspecified atom stereocenters. The summed E-state index contributed by atoms with van der Waals surface area (Å²) < 4.78 is 5.61. The van der Waals surface area contributed by atoms with Crippen molar-refractivity contribution >= 4 is 5.97 Å². The number of rotatable bonds is 6. The third-order valence-electron chi connectivity index (χ3n) is 3.57. The molecule has 4 nitrogen and oxygen atoms in total. The predicted molar refractivity (Wildman–Crippen MR) is 64.9 cm³/mol. The molecule has 0 heterocycles. The van der Waals surface area contributed by atoms with Crippen molar-refractivity contribution in [3.63, 3.8) is 0 Å². The van der Waals surface area contributed by atoms with Crippen LogP contribution in [-0.4, -0.2) is 34.5 Å². The van der Waals surface area contributed by atoms with Crippen LogP contribution in [0.15, 0.2) is 0 Å². The van der Waals surface area contributed by atoms with E-state index in [1.165, 1.54) is 0 Å². The summed E-state index contributed by atoms with van der Waals surface area (Å²) in [4.78, 5) is 11.2. The Morgan fingerprint density at radius 1 is 1.47 bits per heavy atom. The van der Waals surface area contributed by atoms with Gasteiger partial charge in [0.25, 0.3) is 0 Å². The van der Waals surface area contributed by atoms with Crippen LogP contribution in [0, 0.1) is 5.92 Å². The lowest BCUT2D eigenvalue weighted by Gasteiger charge is -2.30. The zero-order valence-electron chi connectivity index (χ0n) is 10.8. The van der Waals surface area contributed by atoms with Gasteiger partial charge in [-0.05, 0) is 38.5 Å². The quantitative estimate of drug-likeness (QED) is 0.751. The molecule has 0 aromatic heterocycles. The van der Waals surface area contributed by atoms with Crippen LogP contribution in [0.4, 0.5) is 0 Å². The van der Waals surface area contributed by atoms with Gasteiger partial charge in [-0.15, -0.1) is 0 Å². The third-order valence-corrected chi connectivity index (χ3v) is 3.57. The number of aliphatic carboxylic acids is 1. The average Bonchev–Trinajstić information content (AvgIpc) is 2.27. The molecule has 0 amide bonds. The van der Waals surface area contributed by atoms with Crippen LogP contribution in [0.1, 0.15) is 52.4 Å². The minimum absolute atomic E-state index is 0.236. The fraction of sp³-hybridized carbons (Fsp3) is 0.923. The van der Waals surface area contributed by atoms with Crippen molar-refractivity contribution in [1.29, 1.82) is 0 Å². The SMILES string of the molecule is CCCC(C)(OC[C@@H]1CCC[C@H](O)C1)C(=O)O. The zero-order chi connectivity index (χ0) is 12.9. The van der Waals surface area contributed by atoms with E-state index in [1.54, 1.807) is 6.92 Å². The minimum atomic E-state index is -1.07. The highest BCUT2D eigenvalue weighted by Gasteiger charge is 2.34. The maximum Gasteiger partial charge on any atom is 0.335 e. The number of carboxylic acids is 1. The molecule has 2 N–H and O–H groups in total. The lowest BCUT2D eigenvalue weighted by atomic mass is 9.87. The van der Waals surface area contributed by atoms with E-state index in [2.05, 4.69) is 0 Å². The minimum Gasteiger partial charge on any atom is -0.479 e. The molecule has 100 valence electrons. The van der Waals surface area contributed by atoms with Crippen molar-refractivity contribution in [2.45, 2.75) is 64.1 Å². The highest BCUT2D eigenvalue weighted by atomic mass is 16.5. The van der Waals surface area contributed by atoms with Crippen molar-refractivity contribution in [2.24, 2.45) is 5.92 Å². The van der Waals surface area contributed by atoms with Gasteiger partial charge in [-0.3, -0.25) is 0 Å². The highest BCUT2D eigenvalue weighted by Crippen LogP contribution is 2.27. The van der Waals surface area contributed by atoms with Crippen molar-refractivity contribution < 1.29 is 19.7 Å². The summed E-state index contributed by atoms with van der Waals surface area (Å²) in [6, 6.07) is 0. The maximum atomic E-state index is 11.2. The molecule has 4 heteroatoms. The molecule has 0 spiro atoms. The topological polar surface area (TPSA) is 66.8 Å². The van der Waals surface area contributed by atoms with Crippen LogP contribution < -0.4 is 0 Å². The summed E-state index contributed by atoms with van der Waals surface area (Å²) in [5.41, 5.74) is -1.07. The number of hydrogen-bond donors (Lipinski definition) is 2. The van der Waals surface area contributed by atoms with Crippen LogP contribution >= 0.6 is 0 Å². The molecule has 0 aliphatic heterocycles. The van der Waals surface area contributed by atoms with E-state index in [0.717, 1.165) is 32.1 Å². The molecule has 1 rings (SSSR count). The van der Waals surface area contributed by atoms with E-state index in [-0.39, 0.29) is 6.10 Å². The van der Waals surface area contributed by atoms with Crippen molar-refractivity contribution in [2.75, 3.05) is 6.61 Å². The first-order chi connectivity index (χ1) is 7.98. The Morgan fingerprint density at radius 3 is 2.71 bits per heavy atom. The fourth-order valence-corrected chi connectivity index (χ4v) is 2.43. The molecular formula is C13H24O4. The second-order valence-electron chi connectivity index (χ2n) is 5.28. The second kappa shape index (κ2) is 6.36. The van der Waals surface area contributed by atoms with Crippen LogP contribution in [0.25, 0.3) is 0 Å². The van der Waals surface area contributed by atoms with Gasteiger partial charge >= 0.3 is 5.97 Å². The number of carbonyl (C=O) groups is 1. The van der Waals surface area contributed by atoms with E-state index in [4.69, 9.17) is 4.74 Å². The summed E-state index contributed by atoms with van der Waals surface area (Å²) in [5, 5.41) is 18.7. The molecule has 0 saturated heterocycles. The number of ether oxygens (including phenoxy) is 1. The molecule has 0 aromatic carbocycles. The zero-order valence-corrected chi connectivity index (χ0v) is 10.8. The van der Waals surface area contributed by atoms with Gasteiger partial charge in [0.1, 0.15) is 0 Å². The maximum absolute atomic E-state index is 11.2. The van der Waals surface area contributed by atoms with E-state index in [1.807, 2.05) is 6.92 Å². The van der Waals surface area contributed by atoms with Crippen molar-refractivity contribution in [3.8, 4) is 0 Å². The Balaban J connectivity index is 2.43. The van der Waals surface area contributed by atoms with E-state index in [9.17, 15) is 15.0 Å². The lowest BCUT2D eigenvalue weighted by molar-refractivity contribution is -0.167. The summed E-state index contributed by atoms with van der Waals surface area (Å²) in [6.45, 7) is 4.03. The van der Waals surface area contributed by atoms with Crippen molar-refractivity contribution in [1.82, 2.24) is 0 Å². The molecule has 1 aliphatic rings. The van der Waals surface area contributed by atoms with Crippen LogP contribution in [0.2, 0.25) is 0 Å². The number of hydrogen-bond acceptors (Lipinski definition) is 3. The second-order valence-corrected chi connectivity index (χ2v) is 5.28. The molecule has 1 aliphatic carbocycles. The smallest absolute Gasteiger partial charge is 0.335 e. The van der Waals surface area contributed by atoms with Gasteiger partial charge in [-0.1, -0.05) is 19.8 Å². The lowest BCUT2D eigenvalue weighted by Crippen LogP contribution is -2.40. The first kappa shape index (κ1) is 14.5. The third kappa shape index (κ3) is 4.28. The van der Waals surface area contributed by atoms with Crippen LogP contribution in [0.5, 0.6) is 0 Å². The Labute approximate surface area is 103 Å². The first-order valence-corrected chi connectivity index (χ1v) is 6.53. The van der Waals surface area contributed by atoms with Gasteiger partial charge in [-0.2, -0.15) is 0 Å².